The molecule has 2 aromatic carbocycles. The van der Waals surface area contributed by atoms with E-state index in [4.69, 9.17) is 5.84 Å². The maximum Gasteiger partial charge on any atom is 0.208 e. The fourth-order valence-corrected chi connectivity index (χ4v) is 3.10. The number of fused-ring (bicyclic) bond motifs is 1. The highest BCUT2D eigenvalue weighted by Crippen LogP contribution is 2.17. The largest absolute Gasteiger partial charge is 0.320 e. The number of benzene rings is 2. The third-order valence-corrected chi connectivity index (χ3v) is 4.23. The van der Waals surface area contributed by atoms with Crippen molar-refractivity contribution in [3.05, 3.63) is 64.5 Å². The smallest absolute Gasteiger partial charge is 0.208 e. The second-order valence-corrected chi connectivity index (χ2v) is 5.56. The lowest BCUT2D eigenvalue weighted by molar-refractivity contribution is 0.788. The molecule has 0 saturated heterocycles. The standard InChI is InChI=1S/C15H15N3S/c1-11-6-8-12(9-7-11)10-18-13-4-2-3-5-14(13)19-15(18)17-16/h2-9H,10,16H2,1H3/b17-15-. The minimum Gasteiger partial charge on any atom is -0.320 e. The summed E-state index contributed by atoms with van der Waals surface area (Å²) in [6.07, 6.45) is 0. The van der Waals surface area contributed by atoms with Crippen LogP contribution in [0.4, 0.5) is 0 Å². The normalized spacial score (nSPS) is 12.2. The zero-order valence-electron chi connectivity index (χ0n) is 10.7. The van der Waals surface area contributed by atoms with Gasteiger partial charge in [-0.25, -0.2) is 0 Å². The lowest BCUT2D eigenvalue weighted by Crippen LogP contribution is -2.17. The maximum atomic E-state index is 5.51. The second-order valence-electron chi connectivity index (χ2n) is 4.55. The Morgan fingerprint density at radius 3 is 2.58 bits per heavy atom. The Hall–Kier alpha value is -2.07. The first-order chi connectivity index (χ1) is 9.28. The van der Waals surface area contributed by atoms with Crippen LogP contribution in [0.15, 0.2) is 53.6 Å². The van der Waals surface area contributed by atoms with Crippen molar-refractivity contribution in [3.8, 4) is 0 Å². The van der Waals surface area contributed by atoms with E-state index in [9.17, 15) is 0 Å². The van der Waals surface area contributed by atoms with Gasteiger partial charge in [-0.15, -0.1) is 0 Å². The van der Waals surface area contributed by atoms with Gasteiger partial charge < -0.3 is 10.4 Å². The van der Waals surface area contributed by atoms with E-state index in [0.717, 1.165) is 11.3 Å². The number of nitrogens with two attached hydrogens (primary N) is 1. The SMILES string of the molecule is Cc1ccc(Cn2/c(=N/N)sc3ccccc32)cc1. The van der Waals surface area contributed by atoms with E-state index in [0.29, 0.717) is 0 Å². The van der Waals surface area contributed by atoms with Crippen LogP contribution in [0.2, 0.25) is 0 Å². The highest BCUT2D eigenvalue weighted by Gasteiger charge is 2.05. The van der Waals surface area contributed by atoms with Crippen LogP contribution in [-0.2, 0) is 6.54 Å². The molecule has 0 unspecified atom stereocenters. The molecule has 0 radical (unpaired) electrons. The molecule has 0 saturated carbocycles. The summed E-state index contributed by atoms with van der Waals surface area (Å²) < 4.78 is 3.36. The van der Waals surface area contributed by atoms with Gasteiger partial charge in [0.25, 0.3) is 0 Å². The molecule has 0 aliphatic heterocycles. The van der Waals surface area contributed by atoms with Crippen LogP contribution < -0.4 is 10.6 Å². The van der Waals surface area contributed by atoms with E-state index in [1.165, 1.54) is 21.3 Å². The highest BCUT2D eigenvalue weighted by molar-refractivity contribution is 7.16. The number of thiazole rings is 1. The number of para-hydroxylation sites is 1. The minimum atomic E-state index is 0.792. The van der Waals surface area contributed by atoms with Crippen LogP contribution in [-0.4, -0.2) is 4.57 Å². The van der Waals surface area contributed by atoms with E-state index < -0.39 is 0 Å². The third kappa shape index (κ3) is 2.27. The predicted molar refractivity (Wildman–Crippen MR) is 79.8 cm³/mol. The van der Waals surface area contributed by atoms with Crippen molar-refractivity contribution in [3.63, 3.8) is 0 Å². The zero-order valence-corrected chi connectivity index (χ0v) is 11.5. The van der Waals surface area contributed by atoms with Crippen molar-refractivity contribution in [2.75, 3.05) is 0 Å². The average Bonchev–Trinajstić information content (AvgIpc) is 2.79. The number of aromatic nitrogens is 1. The summed E-state index contributed by atoms with van der Waals surface area (Å²) in [6, 6.07) is 16.8. The molecule has 19 heavy (non-hydrogen) atoms. The van der Waals surface area contributed by atoms with E-state index in [1.807, 2.05) is 12.1 Å². The first-order valence-electron chi connectivity index (χ1n) is 6.16. The molecule has 1 heterocycles. The van der Waals surface area contributed by atoms with Gasteiger partial charge >= 0.3 is 0 Å². The van der Waals surface area contributed by atoms with Crippen molar-refractivity contribution in [1.82, 2.24) is 4.57 Å². The van der Waals surface area contributed by atoms with Gasteiger partial charge in [-0.1, -0.05) is 53.3 Å². The molecule has 3 nitrogen and oxygen atoms in total. The molecule has 0 atom stereocenters. The number of aryl methyl sites for hydroxylation is 1. The molecular formula is C15H15N3S. The Balaban J connectivity index is 2.11. The summed E-state index contributed by atoms with van der Waals surface area (Å²) >= 11 is 1.62. The average molecular weight is 269 g/mol. The van der Waals surface area contributed by atoms with Crippen LogP contribution >= 0.6 is 11.3 Å². The quantitative estimate of drug-likeness (QED) is 0.564. The molecule has 0 aliphatic rings. The number of rotatable bonds is 2. The molecule has 3 rings (SSSR count). The number of hydrogen-bond acceptors (Lipinski definition) is 3. The Morgan fingerprint density at radius 2 is 1.84 bits per heavy atom. The van der Waals surface area contributed by atoms with Gasteiger partial charge in [-0.3, -0.25) is 0 Å². The van der Waals surface area contributed by atoms with Crippen LogP contribution in [0.1, 0.15) is 11.1 Å². The first-order valence-corrected chi connectivity index (χ1v) is 6.97. The molecule has 2 N–H and O–H groups in total. The fourth-order valence-electron chi connectivity index (χ4n) is 2.15. The Labute approximate surface area is 115 Å². The second kappa shape index (κ2) is 4.90. The van der Waals surface area contributed by atoms with Crippen LogP contribution in [0, 0.1) is 6.92 Å². The van der Waals surface area contributed by atoms with Crippen molar-refractivity contribution < 1.29 is 0 Å². The summed E-state index contributed by atoms with van der Waals surface area (Å²) in [5.41, 5.74) is 3.70. The van der Waals surface area contributed by atoms with Crippen LogP contribution in [0.3, 0.4) is 0 Å². The monoisotopic (exact) mass is 269 g/mol. The summed E-state index contributed by atoms with van der Waals surface area (Å²) in [6.45, 7) is 2.89. The topological polar surface area (TPSA) is 43.3 Å². The molecule has 4 heteroatoms. The third-order valence-electron chi connectivity index (χ3n) is 3.16. The lowest BCUT2D eigenvalue weighted by atomic mass is 10.1. The van der Waals surface area contributed by atoms with Gasteiger partial charge in [0.1, 0.15) is 0 Å². The molecule has 0 amide bonds. The summed E-state index contributed by atoms with van der Waals surface area (Å²) in [5.74, 6) is 5.51. The molecule has 0 bridgehead atoms. The Morgan fingerprint density at radius 1 is 1.11 bits per heavy atom. The molecule has 96 valence electrons. The fraction of sp³-hybridized carbons (Fsp3) is 0.133. The van der Waals surface area contributed by atoms with Gasteiger partial charge in [0.05, 0.1) is 16.8 Å². The van der Waals surface area contributed by atoms with E-state index in [1.54, 1.807) is 11.3 Å². The molecule has 0 spiro atoms. The molecular weight excluding hydrogens is 254 g/mol. The minimum absolute atomic E-state index is 0.792. The summed E-state index contributed by atoms with van der Waals surface area (Å²) in [4.78, 5) is 0.849. The van der Waals surface area contributed by atoms with Crippen LogP contribution in [0.5, 0.6) is 0 Å². The zero-order chi connectivity index (χ0) is 13.2. The van der Waals surface area contributed by atoms with Crippen molar-refractivity contribution >= 4 is 21.6 Å². The molecule has 0 fully saturated rings. The molecule has 0 aliphatic carbocycles. The highest BCUT2D eigenvalue weighted by atomic mass is 32.1. The van der Waals surface area contributed by atoms with Crippen LogP contribution in [0.25, 0.3) is 10.2 Å². The number of hydrogen-bond donors (Lipinski definition) is 1. The van der Waals surface area contributed by atoms with E-state index in [-0.39, 0.29) is 0 Å². The first kappa shape index (κ1) is 12.0. The van der Waals surface area contributed by atoms with Gasteiger partial charge in [0.15, 0.2) is 0 Å². The van der Waals surface area contributed by atoms with Crippen molar-refractivity contribution in [2.45, 2.75) is 13.5 Å². The Bertz CT molecular complexity index is 766. The van der Waals surface area contributed by atoms with E-state index in [2.05, 4.69) is 53.0 Å². The Kier molecular flexibility index (Phi) is 3.09. The van der Waals surface area contributed by atoms with E-state index >= 15 is 0 Å². The lowest BCUT2D eigenvalue weighted by Gasteiger charge is -2.05. The number of nitrogens with zero attached hydrogens (tertiary/aromatic N) is 2. The van der Waals surface area contributed by atoms with Gasteiger partial charge in [0, 0.05) is 0 Å². The van der Waals surface area contributed by atoms with Gasteiger partial charge in [-0.05, 0) is 24.6 Å². The summed E-state index contributed by atoms with van der Waals surface area (Å²) in [7, 11) is 0. The van der Waals surface area contributed by atoms with Crippen molar-refractivity contribution in [2.24, 2.45) is 10.9 Å². The van der Waals surface area contributed by atoms with Crippen molar-refractivity contribution in [1.29, 1.82) is 0 Å². The summed E-state index contributed by atoms with van der Waals surface area (Å²) in [5, 5.41) is 3.90. The molecule has 1 aromatic heterocycles. The molecule has 3 aromatic rings. The maximum absolute atomic E-state index is 5.51. The predicted octanol–water partition coefficient (Wildman–Crippen LogP) is 2.83. The van der Waals surface area contributed by atoms with Gasteiger partial charge in [-0.2, -0.15) is 5.10 Å². The van der Waals surface area contributed by atoms with Gasteiger partial charge in [0.2, 0.25) is 4.80 Å².